The van der Waals surface area contributed by atoms with Gasteiger partial charge in [0.15, 0.2) is 0 Å². The van der Waals surface area contributed by atoms with Gasteiger partial charge in [-0.3, -0.25) is 0 Å². The van der Waals surface area contributed by atoms with Gasteiger partial charge in [-0.25, -0.2) is 4.79 Å². The molecule has 0 spiro atoms. The van der Waals surface area contributed by atoms with Crippen molar-refractivity contribution in [2.24, 2.45) is 7.05 Å². The third-order valence-corrected chi connectivity index (χ3v) is 2.92. The van der Waals surface area contributed by atoms with Crippen LogP contribution >= 0.6 is 23.2 Å². The summed E-state index contributed by atoms with van der Waals surface area (Å²) in [5.41, 5.74) is 0.791. The first-order chi connectivity index (χ1) is 7.02. The number of benzene rings is 1. The summed E-state index contributed by atoms with van der Waals surface area (Å²) in [6.07, 6.45) is 0. The van der Waals surface area contributed by atoms with Crippen LogP contribution in [0.5, 0.6) is 0 Å². The molecule has 0 unspecified atom stereocenters. The van der Waals surface area contributed by atoms with Crippen LogP contribution in [0.2, 0.25) is 10.0 Å². The lowest BCUT2D eigenvalue weighted by Crippen LogP contribution is -2.04. The van der Waals surface area contributed by atoms with Gasteiger partial charge in [-0.15, -0.1) is 0 Å². The molecular weight excluding hydrogens is 237 g/mol. The van der Waals surface area contributed by atoms with Gasteiger partial charge in [0.05, 0.1) is 10.5 Å². The molecule has 0 atom stereocenters. The standard InChI is InChI=1S/C10H7Cl2NO2/c1-13-7-4-5(11)2-3-6(7)8(12)9(13)10(14)15/h2-4H,1H3,(H,14,15). The van der Waals surface area contributed by atoms with E-state index in [1.165, 1.54) is 4.57 Å². The molecule has 78 valence electrons. The average Bonchev–Trinajstić information content (AvgIpc) is 2.39. The zero-order chi connectivity index (χ0) is 11.2. The van der Waals surface area contributed by atoms with E-state index in [1.807, 2.05) is 0 Å². The predicted molar refractivity (Wildman–Crippen MR) is 59.9 cm³/mol. The quantitative estimate of drug-likeness (QED) is 0.836. The van der Waals surface area contributed by atoms with Crippen LogP contribution < -0.4 is 0 Å². The largest absolute Gasteiger partial charge is 0.477 e. The number of carboxylic acid groups (broad SMARTS) is 1. The van der Waals surface area contributed by atoms with Crippen molar-refractivity contribution in [3.8, 4) is 0 Å². The summed E-state index contributed by atoms with van der Waals surface area (Å²) >= 11 is 11.8. The Balaban J connectivity index is 2.91. The number of hydrogen-bond donors (Lipinski definition) is 1. The minimum absolute atomic E-state index is 0.0777. The Hall–Kier alpha value is -1.19. The van der Waals surface area contributed by atoms with Gasteiger partial charge in [0.1, 0.15) is 5.69 Å². The van der Waals surface area contributed by atoms with Crippen molar-refractivity contribution in [1.82, 2.24) is 4.57 Å². The van der Waals surface area contributed by atoms with E-state index in [9.17, 15) is 4.79 Å². The van der Waals surface area contributed by atoms with Crippen molar-refractivity contribution in [3.05, 3.63) is 33.9 Å². The Labute approximate surface area is 95.8 Å². The maximum absolute atomic E-state index is 11.0. The molecule has 1 N–H and O–H groups in total. The van der Waals surface area contributed by atoms with E-state index in [0.717, 1.165) is 0 Å². The molecule has 0 bridgehead atoms. The maximum Gasteiger partial charge on any atom is 0.354 e. The molecule has 15 heavy (non-hydrogen) atoms. The summed E-state index contributed by atoms with van der Waals surface area (Å²) in [7, 11) is 1.65. The molecule has 5 heteroatoms. The second kappa shape index (κ2) is 3.43. The van der Waals surface area contributed by atoms with Crippen molar-refractivity contribution < 1.29 is 9.90 Å². The normalized spacial score (nSPS) is 10.9. The van der Waals surface area contributed by atoms with E-state index in [2.05, 4.69) is 0 Å². The van der Waals surface area contributed by atoms with Crippen LogP contribution in [0.1, 0.15) is 10.5 Å². The number of fused-ring (bicyclic) bond motifs is 1. The molecule has 1 aromatic heterocycles. The van der Waals surface area contributed by atoms with Crippen LogP contribution in [0.15, 0.2) is 18.2 Å². The van der Waals surface area contributed by atoms with Crippen LogP contribution in [-0.4, -0.2) is 15.6 Å². The molecule has 2 rings (SSSR count). The van der Waals surface area contributed by atoms with Gasteiger partial charge in [0.25, 0.3) is 0 Å². The van der Waals surface area contributed by atoms with E-state index < -0.39 is 5.97 Å². The van der Waals surface area contributed by atoms with Crippen molar-refractivity contribution in [1.29, 1.82) is 0 Å². The molecule has 1 aromatic carbocycles. The number of carbonyl (C=O) groups is 1. The van der Waals surface area contributed by atoms with Crippen molar-refractivity contribution >= 4 is 40.1 Å². The van der Waals surface area contributed by atoms with E-state index in [4.69, 9.17) is 28.3 Å². The molecule has 0 aliphatic carbocycles. The smallest absolute Gasteiger partial charge is 0.354 e. The number of carboxylic acids is 1. The lowest BCUT2D eigenvalue weighted by molar-refractivity contribution is 0.0687. The average molecular weight is 244 g/mol. The third-order valence-electron chi connectivity index (χ3n) is 2.30. The summed E-state index contributed by atoms with van der Waals surface area (Å²) in [4.78, 5) is 11.0. The molecule has 2 aromatic rings. The van der Waals surface area contributed by atoms with Gasteiger partial charge in [0.2, 0.25) is 0 Å². The van der Waals surface area contributed by atoms with Crippen LogP contribution in [0, 0.1) is 0 Å². The number of nitrogens with zero attached hydrogens (tertiary/aromatic N) is 1. The summed E-state index contributed by atoms with van der Waals surface area (Å²) < 4.78 is 1.52. The minimum Gasteiger partial charge on any atom is -0.477 e. The SMILES string of the molecule is Cn1c(C(=O)O)c(Cl)c2ccc(Cl)cc21. The zero-order valence-electron chi connectivity index (χ0n) is 7.79. The third kappa shape index (κ3) is 1.48. The number of aromatic carboxylic acids is 1. The molecule has 0 aliphatic rings. The summed E-state index contributed by atoms with van der Waals surface area (Å²) in [6.45, 7) is 0. The lowest BCUT2D eigenvalue weighted by atomic mass is 10.2. The number of halogens is 2. The Morgan fingerprint density at radius 3 is 2.67 bits per heavy atom. The van der Waals surface area contributed by atoms with Gasteiger partial charge in [-0.2, -0.15) is 0 Å². The second-order valence-corrected chi connectivity index (χ2v) is 4.00. The number of aromatic nitrogens is 1. The highest BCUT2D eigenvalue weighted by atomic mass is 35.5. The molecule has 0 aliphatic heterocycles. The highest BCUT2D eigenvalue weighted by Crippen LogP contribution is 2.31. The first-order valence-corrected chi connectivity index (χ1v) is 4.94. The van der Waals surface area contributed by atoms with Crippen LogP contribution in [0.25, 0.3) is 10.9 Å². The van der Waals surface area contributed by atoms with E-state index >= 15 is 0 Å². The fourth-order valence-corrected chi connectivity index (χ4v) is 2.13. The Bertz CT molecular complexity index is 560. The fraction of sp³-hybridized carbons (Fsp3) is 0.100. The van der Waals surface area contributed by atoms with Crippen molar-refractivity contribution in [2.75, 3.05) is 0 Å². The van der Waals surface area contributed by atoms with E-state index in [0.29, 0.717) is 15.9 Å². The van der Waals surface area contributed by atoms with Gasteiger partial charge >= 0.3 is 5.97 Å². The Morgan fingerprint density at radius 2 is 2.07 bits per heavy atom. The van der Waals surface area contributed by atoms with E-state index in [-0.39, 0.29) is 10.7 Å². The molecular formula is C10H7Cl2NO2. The summed E-state index contributed by atoms with van der Waals surface area (Å²) in [5, 5.41) is 10.5. The zero-order valence-corrected chi connectivity index (χ0v) is 9.30. The van der Waals surface area contributed by atoms with Gasteiger partial charge in [-0.05, 0) is 18.2 Å². The number of aryl methyl sites for hydroxylation is 1. The monoisotopic (exact) mass is 243 g/mol. The Kier molecular flexibility index (Phi) is 2.37. The van der Waals surface area contributed by atoms with Crippen molar-refractivity contribution in [3.63, 3.8) is 0 Å². The van der Waals surface area contributed by atoms with Crippen LogP contribution in [-0.2, 0) is 7.05 Å². The maximum atomic E-state index is 11.0. The lowest BCUT2D eigenvalue weighted by Gasteiger charge is -1.98. The fourth-order valence-electron chi connectivity index (χ4n) is 1.60. The molecule has 1 heterocycles. The highest BCUT2D eigenvalue weighted by molar-refractivity contribution is 6.39. The first-order valence-electron chi connectivity index (χ1n) is 4.19. The molecule has 0 amide bonds. The highest BCUT2D eigenvalue weighted by Gasteiger charge is 2.18. The van der Waals surface area contributed by atoms with Crippen molar-refractivity contribution in [2.45, 2.75) is 0 Å². The topological polar surface area (TPSA) is 42.2 Å². The minimum atomic E-state index is -1.05. The van der Waals surface area contributed by atoms with Gasteiger partial charge in [-0.1, -0.05) is 23.2 Å². The number of rotatable bonds is 1. The molecule has 0 saturated carbocycles. The summed E-state index contributed by atoms with van der Waals surface area (Å²) in [6, 6.07) is 5.09. The predicted octanol–water partition coefficient (Wildman–Crippen LogP) is 3.18. The number of hydrogen-bond acceptors (Lipinski definition) is 1. The Morgan fingerprint density at radius 1 is 1.40 bits per heavy atom. The second-order valence-electron chi connectivity index (χ2n) is 3.19. The first kappa shape index (κ1) is 10.3. The molecule has 0 fully saturated rings. The van der Waals surface area contributed by atoms with Gasteiger partial charge < -0.3 is 9.67 Å². The van der Waals surface area contributed by atoms with Crippen LogP contribution in [0.4, 0.5) is 0 Å². The molecule has 3 nitrogen and oxygen atoms in total. The van der Waals surface area contributed by atoms with Crippen LogP contribution in [0.3, 0.4) is 0 Å². The molecule has 0 radical (unpaired) electrons. The van der Waals surface area contributed by atoms with Gasteiger partial charge in [0, 0.05) is 17.5 Å². The summed E-state index contributed by atoms with van der Waals surface area (Å²) in [5.74, 6) is -1.05. The van der Waals surface area contributed by atoms with E-state index in [1.54, 1.807) is 25.2 Å². The molecule has 0 saturated heterocycles.